The minimum absolute atomic E-state index is 0.0157. The van der Waals surface area contributed by atoms with Crippen molar-refractivity contribution in [3.8, 4) is 0 Å². The van der Waals surface area contributed by atoms with E-state index in [1.807, 2.05) is 31.2 Å². The van der Waals surface area contributed by atoms with Gasteiger partial charge in [-0.2, -0.15) is 0 Å². The Bertz CT molecular complexity index is 494. The summed E-state index contributed by atoms with van der Waals surface area (Å²) in [5.74, 6) is -0.568. The Morgan fingerprint density at radius 2 is 1.95 bits per heavy atom. The standard InChI is InChI=1S/C15H20N2O3/c1-10-3-7-12(8-4-10)17(2)15(20)16-13(9-14(18)19)11-5-6-11/h3-4,7-8,11,13H,5-6,9H2,1-2H3,(H,16,20)(H,18,19). The summed E-state index contributed by atoms with van der Waals surface area (Å²) in [6.45, 7) is 1.99. The van der Waals surface area contributed by atoms with Crippen molar-refractivity contribution >= 4 is 17.7 Å². The quantitative estimate of drug-likeness (QED) is 0.867. The Morgan fingerprint density at radius 3 is 2.45 bits per heavy atom. The third-order valence-corrected chi connectivity index (χ3v) is 3.62. The lowest BCUT2D eigenvalue weighted by molar-refractivity contribution is -0.137. The number of carboxylic acids is 1. The van der Waals surface area contributed by atoms with Crippen molar-refractivity contribution in [2.75, 3.05) is 11.9 Å². The van der Waals surface area contributed by atoms with Gasteiger partial charge in [0, 0.05) is 18.8 Å². The van der Waals surface area contributed by atoms with Gasteiger partial charge in [0.2, 0.25) is 0 Å². The van der Waals surface area contributed by atoms with Crippen molar-refractivity contribution in [2.24, 2.45) is 5.92 Å². The number of nitrogens with zero attached hydrogens (tertiary/aromatic N) is 1. The van der Waals surface area contributed by atoms with E-state index in [1.165, 1.54) is 4.90 Å². The molecule has 0 aromatic heterocycles. The second-order valence-electron chi connectivity index (χ2n) is 5.39. The fraction of sp³-hybridized carbons (Fsp3) is 0.467. The van der Waals surface area contributed by atoms with Gasteiger partial charge >= 0.3 is 12.0 Å². The highest BCUT2D eigenvalue weighted by atomic mass is 16.4. The number of rotatable bonds is 5. The Kier molecular flexibility index (Phi) is 4.27. The van der Waals surface area contributed by atoms with Gasteiger partial charge in [0.25, 0.3) is 0 Å². The van der Waals surface area contributed by atoms with Gasteiger partial charge in [0.05, 0.1) is 6.42 Å². The summed E-state index contributed by atoms with van der Waals surface area (Å²) in [4.78, 5) is 24.5. The lowest BCUT2D eigenvalue weighted by atomic mass is 10.1. The van der Waals surface area contributed by atoms with Crippen molar-refractivity contribution in [1.29, 1.82) is 0 Å². The number of hydrogen-bond donors (Lipinski definition) is 2. The summed E-state index contributed by atoms with van der Waals surface area (Å²) in [6, 6.07) is 7.10. The minimum Gasteiger partial charge on any atom is -0.481 e. The molecule has 2 rings (SSSR count). The third-order valence-electron chi connectivity index (χ3n) is 3.62. The van der Waals surface area contributed by atoms with Crippen molar-refractivity contribution in [3.63, 3.8) is 0 Å². The van der Waals surface area contributed by atoms with Crippen LogP contribution in [0.3, 0.4) is 0 Å². The first kappa shape index (κ1) is 14.4. The van der Waals surface area contributed by atoms with Crippen molar-refractivity contribution in [2.45, 2.75) is 32.2 Å². The minimum atomic E-state index is -0.875. The maximum atomic E-state index is 12.2. The van der Waals surface area contributed by atoms with Crippen LogP contribution in [0, 0.1) is 12.8 Å². The lowest BCUT2D eigenvalue weighted by Crippen LogP contribution is -2.45. The molecule has 2 N–H and O–H groups in total. The molecule has 1 saturated carbocycles. The van der Waals surface area contributed by atoms with E-state index in [-0.39, 0.29) is 18.5 Å². The highest BCUT2D eigenvalue weighted by Crippen LogP contribution is 2.34. The molecule has 1 aromatic carbocycles. The Labute approximate surface area is 118 Å². The largest absolute Gasteiger partial charge is 0.481 e. The summed E-state index contributed by atoms with van der Waals surface area (Å²) in [6.07, 6.45) is 1.97. The highest BCUT2D eigenvalue weighted by molar-refractivity contribution is 5.91. The summed E-state index contributed by atoms with van der Waals surface area (Å²) < 4.78 is 0. The Morgan fingerprint density at radius 1 is 1.35 bits per heavy atom. The molecule has 5 nitrogen and oxygen atoms in total. The first-order valence-corrected chi connectivity index (χ1v) is 6.80. The molecule has 5 heteroatoms. The average Bonchev–Trinajstić information content (AvgIpc) is 3.21. The highest BCUT2D eigenvalue weighted by Gasteiger charge is 2.34. The number of anilines is 1. The normalized spacial score (nSPS) is 15.5. The molecular formula is C15H20N2O3. The number of hydrogen-bond acceptors (Lipinski definition) is 2. The SMILES string of the molecule is Cc1ccc(N(C)C(=O)NC(CC(=O)O)C2CC2)cc1. The van der Waals surface area contributed by atoms with E-state index >= 15 is 0 Å². The van der Waals surface area contributed by atoms with Crippen LogP contribution in [-0.2, 0) is 4.79 Å². The number of nitrogens with one attached hydrogen (secondary N) is 1. The molecule has 0 spiro atoms. The molecular weight excluding hydrogens is 256 g/mol. The van der Waals surface area contributed by atoms with Crippen LogP contribution in [0.25, 0.3) is 0 Å². The summed E-state index contributed by atoms with van der Waals surface area (Å²) in [5, 5.41) is 11.7. The predicted octanol–water partition coefficient (Wildman–Crippen LogP) is 2.39. The number of aryl methyl sites for hydroxylation is 1. The molecule has 0 radical (unpaired) electrons. The zero-order valence-electron chi connectivity index (χ0n) is 11.8. The molecule has 20 heavy (non-hydrogen) atoms. The lowest BCUT2D eigenvalue weighted by Gasteiger charge is -2.23. The second kappa shape index (κ2) is 5.94. The van der Waals surface area contributed by atoms with Gasteiger partial charge < -0.3 is 10.4 Å². The van der Waals surface area contributed by atoms with E-state index in [0.29, 0.717) is 5.92 Å². The number of carbonyl (C=O) groups excluding carboxylic acids is 1. The summed E-state index contributed by atoms with van der Waals surface area (Å²) in [5.41, 5.74) is 1.92. The van der Waals surface area contributed by atoms with E-state index in [4.69, 9.17) is 5.11 Å². The van der Waals surface area contributed by atoms with E-state index < -0.39 is 5.97 Å². The van der Waals surface area contributed by atoms with Gasteiger partial charge in [-0.15, -0.1) is 0 Å². The van der Waals surface area contributed by atoms with Gasteiger partial charge in [-0.25, -0.2) is 4.79 Å². The molecule has 0 bridgehead atoms. The zero-order valence-corrected chi connectivity index (χ0v) is 11.8. The average molecular weight is 276 g/mol. The fourth-order valence-corrected chi connectivity index (χ4v) is 2.16. The maximum Gasteiger partial charge on any atom is 0.321 e. The van der Waals surface area contributed by atoms with Crippen LogP contribution in [0.15, 0.2) is 24.3 Å². The number of benzene rings is 1. The van der Waals surface area contributed by atoms with Crippen LogP contribution in [0.1, 0.15) is 24.8 Å². The van der Waals surface area contributed by atoms with E-state index in [9.17, 15) is 9.59 Å². The van der Waals surface area contributed by atoms with Crippen LogP contribution in [0.5, 0.6) is 0 Å². The molecule has 1 unspecified atom stereocenters. The third kappa shape index (κ3) is 3.73. The van der Waals surface area contributed by atoms with Crippen LogP contribution in [0.4, 0.5) is 10.5 Å². The molecule has 0 aliphatic heterocycles. The van der Waals surface area contributed by atoms with E-state index in [2.05, 4.69) is 5.32 Å². The number of amides is 2. The monoisotopic (exact) mass is 276 g/mol. The first-order valence-electron chi connectivity index (χ1n) is 6.80. The first-order chi connectivity index (χ1) is 9.47. The zero-order chi connectivity index (χ0) is 14.7. The van der Waals surface area contributed by atoms with E-state index in [0.717, 1.165) is 24.1 Å². The fourth-order valence-electron chi connectivity index (χ4n) is 2.16. The van der Waals surface area contributed by atoms with Crippen LogP contribution in [0.2, 0.25) is 0 Å². The smallest absolute Gasteiger partial charge is 0.321 e. The molecule has 0 saturated heterocycles. The number of aliphatic carboxylic acids is 1. The van der Waals surface area contributed by atoms with Gasteiger partial charge in [0.15, 0.2) is 0 Å². The molecule has 1 aliphatic rings. The van der Waals surface area contributed by atoms with Gasteiger partial charge in [-0.3, -0.25) is 9.69 Å². The number of carbonyl (C=O) groups is 2. The van der Waals surface area contributed by atoms with Gasteiger partial charge in [-0.05, 0) is 37.8 Å². The molecule has 1 fully saturated rings. The predicted molar refractivity (Wildman–Crippen MR) is 76.9 cm³/mol. The van der Waals surface area contributed by atoms with Crippen LogP contribution >= 0.6 is 0 Å². The number of urea groups is 1. The molecule has 0 heterocycles. The molecule has 1 aromatic rings. The van der Waals surface area contributed by atoms with E-state index in [1.54, 1.807) is 7.05 Å². The van der Waals surface area contributed by atoms with Crippen molar-refractivity contribution < 1.29 is 14.7 Å². The Hall–Kier alpha value is -2.04. The molecule has 1 atom stereocenters. The second-order valence-corrected chi connectivity index (χ2v) is 5.39. The summed E-state index contributed by atoms with van der Waals surface area (Å²) in [7, 11) is 1.69. The number of carboxylic acid groups (broad SMARTS) is 1. The topological polar surface area (TPSA) is 69.6 Å². The Balaban J connectivity index is 1.98. The van der Waals surface area contributed by atoms with Crippen molar-refractivity contribution in [3.05, 3.63) is 29.8 Å². The van der Waals surface area contributed by atoms with Crippen LogP contribution in [-0.4, -0.2) is 30.2 Å². The van der Waals surface area contributed by atoms with Crippen LogP contribution < -0.4 is 10.2 Å². The summed E-state index contributed by atoms with van der Waals surface area (Å²) >= 11 is 0. The van der Waals surface area contributed by atoms with Gasteiger partial charge in [-0.1, -0.05) is 17.7 Å². The maximum absolute atomic E-state index is 12.2. The molecule has 108 valence electrons. The van der Waals surface area contributed by atoms with Gasteiger partial charge in [0.1, 0.15) is 0 Å². The van der Waals surface area contributed by atoms with Crippen molar-refractivity contribution in [1.82, 2.24) is 5.32 Å². The molecule has 1 aliphatic carbocycles. The molecule has 2 amide bonds.